The normalized spacial score (nSPS) is 14.5. The zero-order valence-electron chi connectivity index (χ0n) is 18.8. The summed E-state index contributed by atoms with van der Waals surface area (Å²) in [5.41, 5.74) is 2.36. The van der Waals surface area contributed by atoms with Crippen molar-refractivity contribution in [3.8, 4) is 5.75 Å². The zero-order valence-corrected chi connectivity index (χ0v) is 18.8. The number of ether oxygens (including phenoxy) is 1. The van der Waals surface area contributed by atoms with Gasteiger partial charge in [0.25, 0.3) is 5.91 Å². The van der Waals surface area contributed by atoms with Crippen molar-refractivity contribution in [3.63, 3.8) is 0 Å². The van der Waals surface area contributed by atoms with Crippen LogP contribution in [-0.2, 0) is 4.79 Å². The van der Waals surface area contributed by atoms with Crippen molar-refractivity contribution in [1.29, 1.82) is 0 Å². The van der Waals surface area contributed by atoms with Crippen LogP contribution >= 0.6 is 0 Å². The highest BCUT2D eigenvalue weighted by molar-refractivity contribution is 5.94. The van der Waals surface area contributed by atoms with Gasteiger partial charge in [-0.15, -0.1) is 0 Å². The quantitative estimate of drug-likeness (QED) is 0.525. The molecule has 1 aliphatic heterocycles. The number of benzene rings is 2. The van der Waals surface area contributed by atoms with Gasteiger partial charge < -0.3 is 20.3 Å². The maximum atomic E-state index is 13.7. The Morgan fingerprint density at radius 2 is 1.73 bits per heavy atom. The van der Waals surface area contributed by atoms with Gasteiger partial charge in [-0.05, 0) is 69.5 Å². The molecule has 1 saturated heterocycles. The van der Waals surface area contributed by atoms with Crippen molar-refractivity contribution in [2.24, 2.45) is 0 Å². The number of nitrogens with zero attached hydrogens (tertiary/aromatic N) is 3. The number of anilines is 4. The first-order chi connectivity index (χ1) is 16.0. The van der Waals surface area contributed by atoms with Gasteiger partial charge in [0.15, 0.2) is 17.7 Å². The fourth-order valence-corrected chi connectivity index (χ4v) is 3.67. The first-order valence-corrected chi connectivity index (χ1v) is 11.2. The van der Waals surface area contributed by atoms with E-state index in [1.54, 1.807) is 31.2 Å². The molecule has 1 fully saturated rings. The Morgan fingerprint density at radius 3 is 2.45 bits per heavy atom. The van der Waals surface area contributed by atoms with E-state index in [1.807, 2.05) is 25.1 Å². The molecular weight excluding hydrogens is 421 g/mol. The highest BCUT2D eigenvalue weighted by atomic mass is 19.1. The predicted molar refractivity (Wildman–Crippen MR) is 128 cm³/mol. The van der Waals surface area contributed by atoms with Crippen molar-refractivity contribution < 1.29 is 13.9 Å². The van der Waals surface area contributed by atoms with E-state index in [9.17, 15) is 9.18 Å². The van der Waals surface area contributed by atoms with Crippen LogP contribution in [0.2, 0.25) is 0 Å². The lowest BCUT2D eigenvalue weighted by atomic mass is 10.1. The molecule has 0 radical (unpaired) electrons. The topological polar surface area (TPSA) is 79.4 Å². The maximum absolute atomic E-state index is 13.7. The van der Waals surface area contributed by atoms with E-state index in [4.69, 9.17) is 4.74 Å². The lowest BCUT2D eigenvalue weighted by Crippen LogP contribution is -2.31. The van der Waals surface area contributed by atoms with Crippen LogP contribution in [0.1, 0.15) is 31.9 Å². The Balaban J connectivity index is 1.37. The Labute approximate surface area is 193 Å². The molecule has 1 unspecified atom stereocenters. The van der Waals surface area contributed by atoms with E-state index in [2.05, 4.69) is 25.5 Å². The summed E-state index contributed by atoms with van der Waals surface area (Å²) in [5.74, 6) is 0.660. The number of halogens is 1. The molecule has 33 heavy (non-hydrogen) atoms. The third kappa shape index (κ3) is 5.97. The van der Waals surface area contributed by atoms with E-state index in [0.717, 1.165) is 49.1 Å². The number of nitrogens with one attached hydrogen (secondary N) is 2. The second kappa shape index (κ2) is 10.3. The molecule has 7 nitrogen and oxygen atoms in total. The molecule has 1 aromatic heterocycles. The fraction of sp³-hybridized carbons (Fsp3) is 0.320. The molecule has 1 amide bonds. The van der Waals surface area contributed by atoms with Gasteiger partial charge in [-0.2, -0.15) is 4.98 Å². The monoisotopic (exact) mass is 449 g/mol. The molecule has 1 aliphatic rings. The van der Waals surface area contributed by atoms with E-state index >= 15 is 0 Å². The molecule has 2 N–H and O–H groups in total. The molecule has 8 heteroatoms. The molecule has 2 aromatic carbocycles. The highest BCUT2D eigenvalue weighted by Gasteiger charge is 2.17. The Hall–Kier alpha value is -3.68. The van der Waals surface area contributed by atoms with Crippen LogP contribution in [0.15, 0.2) is 54.6 Å². The summed E-state index contributed by atoms with van der Waals surface area (Å²) in [6, 6.07) is 15.2. The number of hydrogen-bond acceptors (Lipinski definition) is 6. The van der Waals surface area contributed by atoms with Gasteiger partial charge in [0, 0.05) is 36.2 Å². The molecule has 172 valence electrons. The van der Waals surface area contributed by atoms with E-state index in [0.29, 0.717) is 5.69 Å². The lowest BCUT2D eigenvalue weighted by Gasteiger charge is -2.27. The number of aryl methyl sites for hydroxylation is 1. The Kier molecular flexibility index (Phi) is 7.02. The van der Waals surface area contributed by atoms with Crippen molar-refractivity contribution in [2.45, 2.75) is 39.2 Å². The van der Waals surface area contributed by atoms with Gasteiger partial charge in [-0.25, -0.2) is 9.37 Å². The number of piperidine rings is 1. The van der Waals surface area contributed by atoms with Gasteiger partial charge in [-0.1, -0.05) is 12.1 Å². The third-order valence-electron chi connectivity index (χ3n) is 5.42. The van der Waals surface area contributed by atoms with Crippen molar-refractivity contribution in [3.05, 3.63) is 66.1 Å². The van der Waals surface area contributed by atoms with Crippen LogP contribution in [0.3, 0.4) is 0 Å². The number of para-hydroxylation sites is 1. The summed E-state index contributed by atoms with van der Waals surface area (Å²) in [6.07, 6.45) is 2.73. The first-order valence-electron chi connectivity index (χ1n) is 11.2. The molecule has 1 atom stereocenters. The lowest BCUT2D eigenvalue weighted by molar-refractivity contribution is -0.122. The van der Waals surface area contributed by atoms with Crippen molar-refractivity contribution in [2.75, 3.05) is 28.6 Å². The Bertz CT molecular complexity index is 1100. The van der Waals surface area contributed by atoms with Gasteiger partial charge in [-0.3, -0.25) is 4.79 Å². The zero-order chi connectivity index (χ0) is 23.2. The Morgan fingerprint density at radius 1 is 1.03 bits per heavy atom. The number of carbonyl (C=O) groups excluding carboxylic acids is 1. The van der Waals surface area contributed by atoms with Crippen LogP contribution < -0.4 is 20.3 Å². The fourth-order valence-electron chi connectivity index (χ4n) is 3.67. The average Bonchev–Trinajstić information content (AvgIpc) is 2.82. The SMILES string of the molecule is Cc1cc(Nc2ccc(NC(=O)C(C)Oc3ccccc3F)cc2)nc(N2CCCCC2)n1. The minimum absolute atomic E-state index is 0.0452. The summed E-state index contributed by atoms with van der Waals surface area (Å²) in [6.45, 7) is 5.51. The maximum Gasteiger partial charge on any atom is 0.265 e. The largest absolute Gasteiger partial charge is 0.478 e. The minimum atomic E-state index is -0.850. The summed E-state index contributed by atoms with van der Waals surface area (Å²) in [7, 11) is 0. The number of carbonyl (C=O) groups is 1. The molecule has 3 aromatic rings. The van der Waals surface area contributed by atoms with Gasteiger partial charge in [0.2, 0.25) is 5.95 Å². The molecule has 0 saturated carbocycles. The van der Waals surface area contributed by atoms with Gasteiger partial charge in [0.05, 0.1) is 0 Å². The summed E-state index contributed by atoms with van der Waals surface area (Å²) >= 11 is 0. The van der Waals surface area contributed by atoms with Crippen molar-refractivity contribution >= 4 is 29.0 Å². The summed E-state index contributed by atoms with van der Waals surface area (Å²) < 4.78 is 19.2. The second-order valence-corrected chi connectivity index (χ2v) is 8.12. The van der Waals surface area contributed by atoms with Crippen LogP contribution in [0.25, 0.3) is 0 Å². The summed E-state index contributed by atoms with van der Waals surface area (Å²) in [5, 5.41) is 6.10. The van der Waals surface area contributed by atoms with Crippen molar-refractivity contribution in [1.82, 2.24) is 9.97 Å². The smallest absolute Gasteiger partial charge is 0.265 e. The van der Waals surface area contributed by atoms with Crippen LogP contribution in [0, 0.1) is 12.7 Å². The molecule has 4 rings (SSSR count). The highest BCUT2D eigenvalue weighted by Crippen LogP contribution is 2.23. The number of amides is 1. The first kappa shape index (κ1) is 22.5. The summed E-state index contributed by atoms with van der Waals surface area (Å²) in [4.78, 5) is 23.9. The molecule has 2 heterocycles. The van der Waals surface area contributed by atoms with E-state index in [1.165, 1.54) is 18.6 Å². The number of rotatable bonds is 7. The second-order valence-electron chi connectivity index (χ2n) is 8.12. The third-order valence-corrected chi connectivity index (χ3v) is 5.42. The molecular formula is C25H28FN5O2. The average molecular weight is 450 g/mol. The number of hydrogen-bond donors (Lipinski definition) is 2. The molecule has 0 aliphatic carbocycles. The molecule has 0 bridgehead atoms. The molecule has 0 spiro atoms. The van der Waals surface area contributed by atoms with Gasteiger partial charge >= 0.3 is 0 Å². The standard InChI is InChI=1S/C25H28FN5O2/c1-17-16-23(30-25(27-17)31-14-6-3-7-15-31)28-19-10-12-20(13-11-19)29-24(32)18(2)33-22-9-5-4-8-21(22)26/h4-5,8-13,16,18H,3,6-7,14-15H2,1-2H3,(H,29,32)(H,27,28,30). The van der Waals surface area contributed by atoms with E-state index in [-0.39, 0.29) is 11.7 Å². The van der Waals surface area contributed by atoms with Crippen LogP contribution in [0.4, 0.5) is 27.5 Å². The van der Waals surface area contributed by atoms with Crippen LogP contribution in [0.5, 0.6) is 5.75 Å². The minimum Gasteiger partial charge on any atom is -0.478 e. The van der Waals surface area contributed by atoms with E-state index < -0.39 is 11.9 Å². The number of aromatic nitrogens is 2. The predicted octanol–water partition coefficient (Wildman–Crippen LogP) is 5.06. The van der Waals surface area contributed by atoms with Gasteiger partial charge in [0.1, 0.15) is 5.82 Å². The van der Waals surface area contributed by atoms with Crippen LogP contribution in [-0.4, -0.2) is 35.1 Å².